The molecule has 9 heteroatoms. The first-order valence-electron chi connectivity index (χ1n) is 8.68. The Hall–Kier alpha value is -3.85. The molecule has 2 aromatic carbocycles. The molecule has 0 fully saturated rings. The Morgan fingerprint density at radius 1 is 0.931 bits per heavy atom. The second-order valence-corrected chi connectivity index (χ2v) is 7.10. The van der Waals surface area contributed by atoms with Gasteiger partial charge in [-0.15, -0.1) is 0 Å². The molecule has 0 saturated heterocycles. The van der Waals surface area contributed by atoms with Crippen molar-refractivity contribution in [2.75, 3.05) is 10.6 Å². The molecule has 144 valence electrons. The number of nitrogens with one attached hydrogen (secondary N) is 2. The number of aromatic nitrogens is 3. The molecular weight excluding hydrogens is 390 g/mol. The lowest BCUT2D eigenvalue weighted by atomic mass is 10.3. The number of hydrogen-bond acceptors (Lipinski definition) is 6. The number of anilines is 2. The third-order valence-electron chi connectivity index (χ3n) is 3.96. The zero-order valence-corrected chi connectivity index (χ0v) is 15.8. The molecule has 8 nitrogen and oxygen atoms in total. The molecule has 2 aromatic heterocycles. The maximum atomic E-state index is 12.4. The number of fused-ring (bicyclic) bond motifs is 1. The van der Waals surface area contributed by atoms with E-state index >= 15 is 0 Å². The van der Waals surface area contributed by atoms with Gasteiger partial charge in [-0.2, -0.15) is 5.10 Å². The lowest BCUT2D eigenvalue weighted by Crippen LogP contribution is -2.31. The summed E-state index contributed by atoms with van der Waals surface area (Å²) >= 11 is 1.33. The highest BCUT2D eigenvalue weighted by Crippen LogP contribution is 2.25. The average Bonchev–Trinajstić information content (AvgIpc) is 3.12. The van der Waals surface area contributed by atoms with Gasteiger partial charge in [0.2, 0.25) is 5.91 Å². The van der Waals surface area contributed by atoms with Crippen LogP contribution < -0.4 is 16.2 Å². The van der Waals surface area contributed by atoms with Crippen LogP contribution in [0.2, 0.25) is 0 Å². The van der Waals surface area contributed by atoms with Crippen LogP contribution in [0.4, 0.5) is 10.8 Å². The molecular formula is C20H15N5O3S. The third-order valence-corrected chi connectivity index (χ3v) is 4.92. The number of nitrogens with zero attached hydrogens (tertiary/aromatic N) is 3. The lowest BCUT2D eigenvalue weighted by molar-refractivity contribution is -0.117. The molecule has 0 radical (unpaired) electrons. The van der Waals surface area contributed by atoms with Crippen molar-refractivity contribution >= 4 is 44.2 Å². The first kappa shape index (κ1) is 18.5. The molecule has 4 aromatic rings. The first-order valence-corrected chi connectivity index (χ1v) is 9.50. The van der Waals surface area contributed by atoms with E-state index in [-0.39, 0.29) is 12.2 Å². The maximum absolute atomic E-state index is 12.4. The number of thiazole rings is 1. The van der Waals surface area contributed by atoms with Gasteiger partial charge in [0.25, 0.3) is 11.5 Å². The quantitative estimate of drug-likeness (QED) is 0.531. The van der Waals surface area contributed by atoms with Gasteiger partial charge in [-0.3, -0.25) is 14.4 Å². The maximum Gasteiger partial charge on any atom is 0.276 e. The predicted molar refractivity (Wildman–Crippen MR) is 111 cm³/mol. The fraction of sp³-hybridized carbons (Fsp3) is 0.0500. The van der Waals surface area contributed by atoms with E-state index in [0.717, 1.165) is 14.9 Å². The standard InChI is InChI=1S/C20H15N5O3S/c26-17(23-20-22-14-8-4-5-9-16(14)29-20)12-25-18(27)11-10-15(24-25)19(28)21-13-6-2-1-3-7-13/h1-11H,12H2,(H,21,28)(H,22,23,26). The van der Waals surface area contributed by atoms with Gasteiger partial charge in [-0.05, 0) is 30.3 Å². The molecule has 0 aliphatic carbocycles. The number of carbonyl (C=O) groups is 2. The number of amides is 2. The third kappa shape index (κ3) is 4.36. The van der Waals surface area contributed by atoms with Crippen molar-refractivity contribution in [2.24, 2.45) is 0 Å². The zero-order chi connectivity index (χ0) is 20.2. The van der Waals surface area contributed by atoms with Gasteiger partial charge in [-0.1, -0.05) is 41.7 Å². The molecule has 0 aliphatic heterocycles. The Morgan fingerprint density at radius 2 is 1.69 bits per heavy atom. The van der Waals surface area contributed by atoms with Crippen molar-refractivity contribution < 1.29 is 9.59 Å². The van der Waals surface area contributed by atoms with E-state index in [1.165, 1.54) is 23.5 Å². The van der Waals surface area contributed by atoms with Gasteiger partial charge in [0.05, 0.1) is 10.2 Å². The number of benzene rings is 2. The average molecular weight is 405 g/mol. The minimum atomic E-state index is -0.485. The summed E-state index contributed by atoms with van der Waals surface area (Å²) in [6.45, 7) is -0.332. The predicted octanol–water partition coefficient (Wildman–Crippen LogP) is 2.74. The number of hydrogen-bond donors (Lipinski definition) is 2. The molecule has 0 unspecified atom stereocenters. The van der Waals surface area contributed by atoms with Crippen molar-refractivity contribution in [3.8, 4) is 0 Å². The molecule has 0 bridgehead atoms. The molecule has 29 heavy (non-hydrogen) atoms. The molecule has 2 amide bonds. The fourth-order valence-corrected chi connectivity index (χ4v) is 3.50. The van der Waals surface area contributed by atoms with Crippen LogP contribution >= 0.6 is 11.3 Å². The zero-order valence-electron chi connectivity index (χ0n) is 15.0. The van der Waals surface area contributed by atoms with Gasteiger partial charge in [0, 0.05) is 11.8 Å². The van der Waals surface area contributed by atoms with Crippen molar-refractivity contribution in [3.05, 3.63) is 82.8 Å². The Morgan fingerprint density at radius 3 is 2.48 bits per heavy atom. The Balaban J connectivity index is 1.47. The van der Waals surface area contributed by atoms with E-state index in [2.05, 4.69) is 20.7 Å². The summed E-state index contributed by atoms with van der Waals surface area (Å²) in [5.74, 6) is -0.934. The summed E-state index contributed by atoms with van der Waals surface area (Å²) in [5.41, 5.74) is 0.926. The molecule has 2 N–H and O–H groups in total. The number of para-hydroxylation sites is 2. The van der Waals surface area contributed by atoms with Gasteiger partial charge in [0.1, 0.15) is 12.2 Å². The van der Waals surface area contributed by atoms with Crippen molar-refractivity contribution in [1.82, 2.24) is 14.8 Å². The Bertz CT molecular complexity index is 1220. The lowest BCUT2D eigenvalue weighted by Gasteiger charge is -2.07. The molecule has 0 atom stereocenters. The molecule has 2 heterocycles. The van der Waals surface area contributed by atoms with Crippen LogP contribution in [0.5, 0.6) is 0 Å². The topological polar surface area (TPSA) is 106 Å². The second kappa shape index (κ2) is 8.03. The highest BCUT2D eigenvalue weighted by atomic mass is 32.1. The van der Waals surface area contributed by atoms with E-state index in [1.54, 1.807) is 24.3 Å². The van der Waals surface area contributed by atoms with E-state index in [1.807, 2.05) is 30.3 Å². The SMILES string of the molecule is O=C(Cn1nc(C(=O)Nc2ccccc2)ccc1=O)Nc1nc2ccccc2s1. The van der Waals surface area contributed by atoms with Crippen LogP contribution in [0, 0.1) is 0 Å². The highest BCUT2D eigenvalue weighted by molar-refractivity contribution is 7.22. The van der Waals surface area contributed by atoms with Crippen LogP contribution in [-0.2, 0) is 11.3 Å². The molecule has 0 spiro atoms. The number of carbonyl (C=O) groups excluding carboxylic acids is 2. The van der Waals surface area contributed by atoms with E-state index in [4.69, 9.17) is 0 Å². The highest BCUT2D eigenvalue weighted by Gasteiger charge is 2.13. The summed E-state index contributed by atoms with van der Waals surface area (Å²) in [6.07, 6.45) is 0. The van der Waals surface area contributed by atoms with Gasteiger partial charge >= 0.3 is 0 Å². The smallest absolute Gasteiger partial charge is 0.276 e. The van der Waals surface area contributed by atoms with Gasteiger partial charge in [0.15, 0.2) is 5.13 Å². The minimum Gasteiger partial charge on any atom is -0.321 e. The fourth-order valence-electron chi connectivity index (χ4n) is 2.62. The molecule has 0 aliphatic rings. The molecule has 4 rings (SSSR count). The van der Waals surface area contributed by atoms with Gasteiger partial charge < -0.3 is 10.6 Å². The minimum absolute atomic E-state index is 0.0289. The summed E-state index contributed by atoms with van der Waals surface area (Å²) in [7, 11) is 0. The van der Waals surface area contributed by atoms with Crippen LogP contribution in [0.1, 0.15) is 10.5 Å². The Labute approximate surface area is 168 Å². The van der Waals surface area contributed by atoms with E-state index in [0.29, 0.717) is 10.8 Å². The summed E-state index contributed by atoms with van der Waals surface area (Å²) < 4.78 is 1.89. The van der Waals surface area contributed by atoms with E-state index < -0.39 is 17.4 Å². The second-order valence-electron chi connectivity index (χ2n) is 6.07. The monoisotopic (exact) mass is 405 g/mol. The van der Waals surface area contributed by atoms with Crippen molar-refractivity contribution in [1.29, 1.82) is 0 Å². The van der Waals surface area contributed by atoms with Gasteiger partial charge in [-0.25, -0.2) is 9.67 Å². The van der Waals surface area contributed by atoms with Crippen LogP contribution in [0.25, 0.3) is 10.2 Å². The van der Waals surface area contributed by atoms with Crippen LogP contribution in [-0.4, -0.2) is 26.6 Å². The largest absolute Gasteiger partial charge is 0.321 e. The normalized spacial score (nSPS) is 10.6. The van der Waals surface area contributed by atoms with Crippen molar-refractivity contribution in [2.45, 2.75) is 6.54 Å². The summed E-state index contributed by atoms with van der Waals surface area (Å²) in [6, 6.07) is 18.9. The summed E-state index contributed by atoms with van der Waals surface area (Å²) in [4.78, 5) is 41.1. The first-order chi connectivity index (χ1) is 14.1. The summed E-state index contributed by atoms with van der Waals surface area (Å²) in [5, 5.41) is 9.79. The van der Waals surface area contributed by atoms with Crippen LogP contribution in [0.15, 0.2) is 71.5 Å². The molecule has 0 saturated carbocycles. The van der Waals surface area contributed by atoms with E-state index in [9.17, 15) is 14.4 Å². The van der Waals surface area contributed by atoms with Crippen molar-refractivity contribution in [3.63, 3.8) is 0 Å². The van der Waals surface area contributed by atoms with Crippen LogP contribution in [0.3, 0.4) is 0 Å². The Kier molecular flexibility index (Phi) is 5.12. The number of rotatable bonds is 5.